The Morgan fingerprint density at radius 2 is 1.78 bits per heavy atom. The fraction of sp³-hybridized carbons (Fsp3) is 0.235. The summed E-state index contributed by atoms with van der Waals surface area (Å²) < 4.78 is 10.7. The van der Waals surface area contributed by atoms with Crippen molar-refractivity contribution in [3.63, 3.8) is 0 Å². The van der Waals surface area contributed by atoms with Crippen molar-refractivity contribution >= 4 is 34.8 Å². The first-order valence-electron chi connectivity index (χ1n) is 7.04. The Morgan fingerprint density at radius 3 is 2.48 bits per heavy atom. The zero-order valence-corrected chi connectivity index (χ0v) is 14.2. The summed E-state index contributed by atoms with van der Waals surface area (Å²) in [4.78, 5) is 12.1. The molecule has 1 heterocycles. The van der Waals surface area contributed by atoms with Gasteiger partial charge in [0.1, 0.15) is 0 Å². The zero-order valence-electron chi connectivity index (χ0n) is 12.7. The molecular formula is C17H15Cl2NO3. The van der Waals surface area contributed by atoms with Gasteiger partial charge in [-0.3, -0.25) is 4.79 Å². The average Bonchev–Trinajstić information content (AvgIpc) is 2.55. The molecule has 23 heavy (non-hydrogen) atoms. The summed E-state index contributed by atoms with van der Waals surface area (Å²) in [5, 5.41) is 3.81. The van der Waals surface area contributed by atoms with Crippen molar-refractivity contribution in [2.45, 2.75) is 12.3 Å². The highest BCUT2D eigenvalue weighted by Crippen LogP contribution is 2.45. The number of ether oxygens (including phenoxy) is 2. The molecule has 0 fully saturated rings. The lowest BCUT2D eigenvalue weighted by molar-refractivity contribution is -0.116. The molecule has 1 amide bonds. The first kappa shape index (κ1) is 16.0. The first-order chi connectivity index (χ1) is 11.0. The number of carbonyl (C=O) groups is 1. The van der Waals surface area contributed by atoms with E-state index in [9.17, 15) is 4.79 Å². The lowest BCUT2D eigenvalue weighted by Gasteiger charge is -2.28. The second-order valence-corrected chi connectivity index (χ2v) is 6.03. The van der Waals surface area contributed by atoms with Crippen LogP contribution in [0.5, 0.6) is 11.5 Å². The summed E-state index contributed by atoms with van der Waals surface area (Å²) in [5.74, 6) is 0.894. The zero-order chi connectivity index (χ0) is 16.6. The molecule has 3 rings (SSSR count). The Kier molecular flexibility index (Phi) is 4.37. The molecule has 4 nitrogen and oxygen atoms in total. The summed E-state index contributed by atoms with van der Waals surface area (Å²) >= 11 is 12.5. The van der Waals surface area contributed by atoms with Crippen LogP contribution in [0.2, 0.25) is 10.0 Å². The van der Waals surface area contributed by atoms with E-state index in [-0.39, 0.29) is 11.8 Å². The Morgan fingerprint density at radius 1 is 1.09 bits per heavy atom. The van der Waals surface area contributed by atoms with E-state index in [4.69, 9.17) is 32.7 Å². The number of hydrogen-bond acceptors (Lipinski definition) is 3. The standard InChI is InChI=1S/C17H15Cl2NO3/c1-22-14-6-11-10(9-4-3-5-12(18)17(9)19)7-16(21)20-13(11)8-15(14)23-2/h3-6,8,10H,7H2,1-2H3,(H,20,21)/t10-/m0/s1. The van der Waals surface area contributed by atoms with Crippen molar-refractivity contribution in [1.29, 1.82) is 0 Å². The number of methoxy groups -OCH3 is 2. The number of anilines is 1. The van der Waals surface area contributed by atoms with Crippen molar-refractivity contribution in [1.82, 2.24) is 0 Å². The van der Waals surface area contributed by atoms with E-state index >= 15 is 0 Å². The van der Waals surface area contributed by atoms with Gasteiger partial charge >= 0.3 is 0 Å². The normalized spacial score (nSPS) is 16.5. The number of rotatable bonds is 3. The minimum absolute atomic E-state index is 0.0780. The lowest BCUT2D eigenvalue weighted by atomic mass is 9.84. The van der Waals surface area contributed by atoms with E-state index < -0.39 is 0 Å². The monoisotopic (exact) mass is 351 g/mol. The SMILES string of the molecule is COc1cc2c(cc1OC)[C@H](c1cccc(Cl)c1Cl)CC(=O)N2. The summed E-state index contributed by atoms with van der Waals surface area (Å²) in [6, 6.07) is 9.08. The van der Waals surface area contributed by atoms with Gasteiger partial charge in [-0.2, -0.15) is 0 Å². The molecule has 0 saturated carbocycles. The third-order valence-corrected chi connectivity index (χ3v) is 4.79. The highest BCUT2D eigenvalue weighted by Gasteiger charge is 2.30. The molecule has 1 atom stereocenters. The highest BCUT2D eigenvalue weighted by molar-refractivity contribution is 6.42. The molecule has 0 radical (unpaired) electrons. The number of amides is 1. The Labute approximate surface area is 144 Å². The van der Waals surface area contributed by atoms with E-state index in [2.05, 4.69) is 5.32 Å². The van der Waals surface area contributed by atoms with Crippen molar-refractivity contribution in [2.75, 3.05) is 19.5 Å². The summed E-state index contributed by atoms with van der Waals surface area (Å²) in [6.45, 7) is 0. The van der Waals surface area contributed by atoms with Gasteiger partial charge in [0.05, 0.1) is 24.3 Å². The summed E-state index contributed by atoms with van der Waals surface area (Å²) in [5.41, 5.74) is 2.44. The van der Waals surface area contributed by atoms with Gasteiger partial charge in [-0.25, -0.2) is 0 Å². The van der Waals surface area contributed by atoms with Crippen LogP contribution in [0.25, 0.3) is 0 Å². The molecule has 6 heteroatoms. The maximum absolute atomic E-state index is 12.1. The van der Waals surface area contributed by atoms with E-state index in [1.165, 1.54) is 0 Å². The van der Waals surface area contributed by atoms with Crippen LogP contribution in [-0.4, -0.2) is 20.1 Å². The second-order valence-electron chi connectivity index (χ2n) is 5.24. The Hall–Kier alpha value is -1.91. The van der Waals surface area contributed by atoms with Crippen LogP contribution >= 0.6 is 23.2 Å². The van der Waals surface area contributed by atoms with Crippen LogP contribution in [0, 0.1) is 0 Å². The quantitative estimate of drug-likeness (QED) is 0.886. The van der Waals surface area contributed by atoms with Gasteiger partial charge in [0.25, 0.3) is 0 Å². The molecular weight excluding hydrogens is 337 g/mol. The van der Waals surface area contributed by atoms with Gasteiger partial charge in [-0.05, 0) is 23.3 Å². The van der Waals surface area contributed by atoms with Crippen LogP contribution in [-0.2, 0) is 4.79 Å². The van der Waals surface area contributed by atoms with Crippen LogP contribution in [0.4, 0.5) is 5.69 Å². The van der Waals surface area contributed by atoms with Crippen LogP contribution in [0.1, 0.15) is 23.5 Å². The predicted molar refractivity (Wildman–Crippen MR) is 91.1 cm³/mol. The second kappa shape index (κ2) is 6.30. The largest absolute Gasteiger partial charge is 0.493 e. The third kappa shape index (κ3) is 2.84. The van der Waals surface area contributed by atoms with Crippen LogP contribution in [0.15, 0.2) is 30.3 Å². The first-order valence-corrected chi connectivity index (χ1v) is 7.80. The molecule has 2 aromatic rings. The number of halogens is 2. The van der Waals surface area contributed by atoms with Gasteiger partial charge in [-0.15, -0.1) is 0 Å². The lowest BCUT2D eigenvalue weighted by Crippen LogP contribution is -2.24. The molecule has 2 aromatic carbocycles. The molecule has 0 aliphatic carbocycles. The van der Waals surface area contributed by atoms with Crippen LogP contribution in [0.3, 0.4) is 0 Å². The minimum atomic E-state index is -0.190. The summed E-state index contributed by atoms with van der Waals surface area (Å²) in [7, 11) is 3.13. The van der Waals surface area contributed by atoms with E-state index in [1.807, 2.05) is 18.2 Å². The van der Waals surface area contributed by atoms with Gasteiger partial charge in [0, 0.05) is 24.1 Å². The highest BCUT2D eigenvalue weighted by atomic mass is 35.5. The van der Waals surface area contributed by atoms with Gasteiger partial charge in [0.2, 0.25) is 5.91 Å². The predicted octanol–water partition coefficient (Wildman–Crippen LogP) is 4.48. The van der Waals surface area contributed by atoms with Gasteiger partial charge < -0.3 is 14.8 Å². The number of carbonyl (C=O) groups excluding carboxylic acids is 1. The fourth-order valence-electron chi connectivity index (χ4n) is 2.85. The maximum Gasteiger partial charge on any atom is 0.225 e. The molecule has 120 valence electrons. The summed E-state index contributed by atoms with van der Waals surface area (Å²) in [6.07, 6.45) is 0.294. The van der Waals surface area contributed by atoms with Crippen molar-refractivity contribution in [3.05, 3.63) is 51.5 Å². The van der Waals surface area contributed by atoms with Crippen molar-refractivity contribution < 1.29 is 14.3 Å². The van der Waals surface area contributed by atoms with Crippen LogP contribution < -0.4 is 14.8 Å². The smallest absolute Gasteiger partial charge is 0.225 e. The maximum atomic E-state index is 12.1. The van der Waals surface area contributed by atoms with Crippen molar-refractivity contribution in [3.8, 4) is 11.5 Å². The van der Waals surface area contributed by atoms with E-state index in [1.54, 1.807) is 26.4 Å². The topological polar surface area (TPSA) is 47.6 Å². The molecule has 1 aliphatic rings. The van der Waals surface area contributed by atoms with E-state index in [0.717, 1.165) is 11.1 Å². The fourth-order valence-corrected chi connectivity index (χ4v) is 3.29. The number of hydrogen-bond donors (Lipinski definition) is 1. The molecule has 0 saturated heterocycles. The average molecular weight is 352 g/mol. The third-order valence-electron chi connectivity index (χ3n) is 3.95. The van der Waals surface area contributed by atoms with Gasteiger partial charge in [-0.1, -0.05) is 35.3 Å². The minimum Gasteiger partial charge on any atom is -0.493 e. The number of benzene rings is 2. The Bertz CT molecular complexity index is 777. The van der Waals surface area contributed by atoms with Gasteiger partial charge in [0.15, 0.2) is 11.5 Å². The number of nitrogens with one attached hydrogen (secondary N) is 1. The Balaban J connectivity index is 2.18. The molecule has 1 N–H and O–H groups in total. The molecule has 1 aliphatic heterocycles. The molecule has 0 spiro atoms. The van der Waals surface area contributed by atoms with E-state index in [0.29, 0.717) is 33.7 Å². The molecule has 0 unspecified atom stereocenters. The molecule has 0 aromatic heterocycles. The van der Waals surface area contributed by atoms with Crippen molar-refractivity contribution in [2.24, 2.45) is 0 Å². The molecule has 0 bridgehead atoms. The number of fused-ring (bicyclic) bond motifs is 1.